The molecule has 3 rings (SSSR count). The Morgan fingerprint density at radius 1 is 1.00 bits per heavy atom. The van der Waals surface area contributed by atoms with Gasteiger partial charge in [-0.1, -0.05) is 62.4 Å². The molecular formula is C21H28N2. The molecule has 1 atom stereocenters. The highest BCUT2D eigenvalue weighted by molar-refractivity contribution is 5.44. The zero-order valence-corrected chi connectivity index (χ0v) is 14.3. The van der Waals surface area contributed by atoms with Crippen molar-refractivity contribution in [3.8, 4) is 0 Å². The maximum absolute atomic E-state index is 3.74. The lowest BCUT2D eigenvalue weighted by Crippen LogP contribution is -2.52. The Kier molecular flexibility index (Phi) is 5.02. The summed E-state index contributed by atoms with van der Waals surface area (Å²) in [5, 5.41) is 3.74. The lowest BCUT2D eigenvalue weighted by Gasteiger charge is -2.45. The highest BCUT2D eigenvalue weighted by atomic mass is 15.2. The van der Waals surface area contributed by atoms with Gasteiger partial charge in [0.05, 0.1) is 0 Å². The van der Waals surface area contributed by atoms with E-state index in [4.69, 9.17) is 0 Å². The standard InChI is InChI=1S/C21H28N2/c1-21(2)17-23(15-13-18-9-5-3-6-10-18)16-14-20(21)22-19-11-7-4-8-12-19/h3-12,20,22H,13-17H2,1-2H3. The summed E-state index contributed by atoms with van der Waals surface area (Å²) >= 11 is 0. The number of para-hydroxylation sites is 1. The fourth-order valence-corrected chi connectivity index (χ4v) is 3.59. The normalized spacial score (nSPS) is 21.0. The van der Waals surface area contributed by atoms with Gasteiger partial charge >= 0.3 is 0 Å². The molecule has 0 spiro atoms. The molecule has 2 nitrogen and oxygen atoms in total. The summed E-state index contributed by atoms with van der Waals surface area (Å²) in [6.45, 7) is 8.28. The van der Waals surface area contributed by atoms with E-state index in [1.54, 1.807) is 0 Å². The Balaban J connectivity index is 1.54. The fraction of sp³-hybridized carbons (Fsp3) is 0.429. The first-order valence-corrected chi connectivity index (χ1v) is 8.71. The molecule has 23 heavy (non-hydrogen) atoms. The van der Waals surface area contributed by atoms with Gasteiger partial charge in [-0.2, -0.15) is 0 Å². The van der Waals surface area contributed by atoms with Gasteiger partial charge < -0.3 is 10.2 Å². The second-order valence-corrected chi connectivity index (χ2v) is 7.35. The Hall–Kier alpha value is -1.80. The van der Waals surface area contributed by atoms with Gasteiger partial charge in [0.15, 0.2) is 0 Å². The lowest BCUT2D eigenvalue weighted by molar-refractivity contribution is 0.105. The maximum atomic E-state index is 3.74. The predicted molar refractivity (Wildman–Crippen MR) is 98.8 cm³/mol. The Labute approximate surface area is 140 Å². The minimum Gasteiger partial charge on any atom is -0.382 e. The molecule has 1 aliphatic heterocycles. The van der Waals surface area contributed by atoms with E-state index in [1.165, 1.54) is 24.2 Å². The SMILES string of the molecule is CC1(C)CN(CCc2ccccc2)CCC1Nc1ccccc1. The van der Waals surface area contributed by atoms with Crippen molar-refractivity contribution in [3.63, 3.8) is 0 Å². The largest absolute Gasteiger partial charge is 0.382 e. The summed E-state index contributed by atoms with van der Waals surface area (Å²) in [6, 6.07) is 22.0. The van der Waals surface area contributed by atoms with E-state index < -0.39 is 0 Å². The Morgan fingerprint density at radius 2 is 1.65 bits per heavy atom. The number of likely N-dealkylation sites (tertiary alicyclic amines) is 1. The average molecular weight is 308 g/mol. The molecule has 122 valence electrons. The zero-order chi connectivity index (χ0) is 16.1. The predicted octanol–water partition coefficient (Wildman–Crippen LogP) is 4.44. The number of nitrogens with zero attached hydrogens (tertiary/aromatic N) is 1. The third-order valence-electron chi connectivity index (χ3n) is 4.98. The van der Waals surface area contributed by atoms with Crippen LogP contribution in [0.25, 0.3) is 0 Å². The van der Waals surface area contributed by atoms with Crippen LogP contribution in [0.15, 0.2) is 60.7 Å². The summed E-state index contributed by atoms with van der Waals surface area (Å²) in [5.41, 5.74) is 2.96. The van der Waals surface area contributed by atoms with Crippen LogP contribution in [-0.4, -0.2) is 30.6 Å². The van der Waals surface area contributed by atoms with Gasteiger partial charge in [-0.25, -0.2) is 0 Å². The molecule has 2 aromatic rings. The van der Waals surface area contributed by atoms with Crippen molar-refractivity contribution in [2.45, 2.75) is 32.7 Å². The van der Waals surface area contributed by atoms with Crippen LogP contribution in [0.2, 0.25) is 0 Å². The summed E-state index contributed by atoms with van der Waals surface area (Å²) in [7, 11) is 0. The molecule has 1 saturated heterocycles. The highest BCUT2D eigenvalue weighted by Gasteiger charge is 2.35. The Bertz CT molecular complexity index is 592. The van der Waals surface area contributed by atoms with Crippen molar-refractivity contribution in [2.75, 3.05) is 25.0 Å². The Morgan fingerprint density at radius 3 is 2.30 bits per heavy atom. The van der Waals surface area contributed by atoms with Crippen LogP contribution < -0.4 is 5.32 Å². The quantitative estimate of drug-likeness (QED) is 0.878. The van der Waals surface area contributed by atoms with Crippen molar-refractivity contribution < 1.29 is 0 Å². The topological polar surface area (TPSA) is 15.3 Å². The van der Waals surface area contributed by atoms with Crippen molar-refractivity contribution in [2.24, 2.45) is 5.41 Å². The molecule has 1 unspecified atom stereocenters. The van der Waals surface area contributed by atoms with E-state index in [0.29, 0.717) is 6.04 Å². The minimum absolute atomic E-state index is 0.283. The summed E-state index contributed by atoms with van der Waals surface area (Å²) < 4.78 is 0. The second kappa shape index (κ2) is 7.18. The number of benzene rings is 2. The molecule has 0 saturated carbocycles. The lowest BCUT2D eigenvalue weighted by atomic mass is 9.79. The molecule has 1 fully saturated rings. The third kappa shape index (κ3) is 4.35. The average Bonchev–Trinajstić information content (AvgIpc) is 2.57. The highest BCUT2D eigenvalue weighted by Crippen LogP contribution is 2.31. The van der Waals surface area contributed by atoms with Crippen LogP contribution in [0.1, 0.15) is 25.8 Å². The molecule has 1 heterocycles. The van der Waals surface area contributed by atoms with Gasteiger partial charge in [0, 0.05) is 31.4 Å². The molecule has 1 aliphatic rings. The van der Waals surface area contributed by atoms with Crippen molar-refractivity contribution >= 4 is 5.69 Å². The molecule has 0 aliphatic carbocycles. The molecular weight excluding hydrogens is 280 g/mol. The van der Waals surface area contributed by atoms with Crippen LogP contribution in [0.5, 0.6) is 0 Å². The van der Waals surface area contributed by atoms with Crippen LogP contribution in [0.3, 0.4) is 0 Å². The number of hydrogen-bond acceptors (Lipinski definition) is 2. The van der Waals surface area contributed by atoms with Gasteiger partial charge in [0.2, 0.25) is 0 Å². The molecule has 0 aromatic heterocycles. The van der Waals surface area contributed by atoms with Gasteiger partial charge in [-0.05, 0) is 36.0 Å². The van der Waals surface area contributed by atoms with Crippen LogP contribution in [-0.2, 0) is 6.42 Å². The number of anilines is 1. The van der Waals surface area contributed by atoms with E-state index >= 15 is 0 Å². The number of nitrogens with one attached hydrogen (secondary N) is 1. The first kappa shape index (κ1) is 16.1. The number of rotatable bonds is 5. The third-order valence-corrected chi connectivity index (χ3v) is 4.98. The fourth-order valence-electron chi connectivity index (χ4n) is 3.59. The molecule has 2 heteroatoms. The summed E-state index contributed by atoms with van der Waals surface area (Å²) in [5.74, 6) is 0. The first-order valence-electron chi connectivity index (χ1n) is 8.71. The summed E-state index contributed by atoms with van der Waals surface area (Å²) in [4.78, 5) is 2.62. The van der Waals surface area contributed by atoms with Crippen LogP contribution in [0.4, 0.5) is 5.69 Å². The van der Waals surface area contributed by atoms with Gasteiger partial charge in [-0.3, -0.25) is 0 Å². The van der Waals surface area contributed by atoms with Crippen molar-refractivity contribution in [1.29, 1.82) is 0 Å². The van der Waals surface area contributed by atoms with Gasteiger partial charge in [0.25, 0.3) is 0 Å². The maximum Gasteiger partial charge on any atom is 0.0342 e. The smallest absolute Gasteiger partial charge is 0.0342 e. The van der Waals surface area contributed by atoms with Crippen molar-refractivity contribution in [1.82, 2.24) is 4.90 Å². The molecule has 0 bridgehead atoms. The van der Waals surface area contributed by atoms with Crippen LogP contribution >= 0.6 is 0 Å². The number of hydrogen-bond donors (Lipinski definition) is 1. The first-order chi connectivity index (χ1) is 11.1. The number of piperidine rings is 1. The second-order valence-electron chi connectivity index (χ2n) is 7.35. The van der Waals surface area contributed by atoms with E-state index in [-0.39, 0.29) is 5.41 Å². The van der Waals surface area contributed by atoms with Crippen LogP contribution in [0, 0.1) is 5.41 Å². The van der Waals surface area contributed by atoms with Crippen molar-refractivity contribution in [3.05, 3.63) is 66.2 Å². The minimum atomic E-state index is 0.283. The van der Waals surface area contributed by atoms with Gasteiger partial charge in [0.1, 0.15) is 0 Å². The van der Waals surface area contributed by atoms with E-state index in [9.17, 15) is 0 Å². The zero-order valence-electron chi connectivity index (χ0n) is 14.3. The molecule has 0 radical (unpaired) electrons. The van der Waals surface area contributed by atoms with Gasteiger partial charge in [-0.15, -0.1) is 0 Å². The molecule has 1 N–H and O–H groups in total. The summed E-state index contributed by atoms with van der Waals surface area (Å²) in [6.07, 6.45) is 2.35. The van der Waals surface area contributed by atoms with E-state index in [0.717, 1.165) is 19.5 Å². The molecule has 0 amide bonds. The monoisotopic (exact) mass is 308 g/mol. The van der Waals surface area contributed by atoms with E-state index in [2.05, 4.69) is 84.7 Å². The molecule has 2 aromatic carbocycles. The van der Waals surface area contributed by atoms with E-state index in [1.807, 2.05) is 0 Å².